The maximum Gasteiger partial charge on any atom is 0.320 e. The Balaban J connectivity index is 1.55. The molecule has 1 fully saturated rings. The first-order valence-corrected chi connectivity index (χ1v) is 9.36. The lowest BCUT2D eigenvalue weighted by atomic mass is 10.0. The molecule has 8 heteroatoms. The van der Waals surface area contributed by atoms with Crippen LogP contribution in [-0.2, 0) is 6.61 Å². The molecule has 1 aliphatic carbocycles. The van der Waals surface area contributed by atoms with Gasteiger partial charge in [-0.05, 0) is 25.3 Å². The first kappa shape index (κ1) is 18.4. The fraction of sp³-hybridized carbons (Fsp3) is 0.350. The first-order valence-electron chi connectivity index (χ1n) is 9.36. The number of aromatic amines is 1. The summed E-state index contributed by atoms with van der Waals surface area (Å²) in [6, 6.07) is 9.88. The number of carbonyl (C=O) groups excluding carboxylic acids is 1. The molecule has 0 aliphatic heterocycles. The largest absolute Gasteiger partial charge is 0.391 e. The third kappa shape index (κ3) is 3.69. The molecule has 1 aliphatic rings. The fourth-order valence-electron chi connectivity index (χ4n) is 3.42. The van der Waals surface area contributed by atoms with E-state index in [1.807, 2.05) is 30.3 Å². The maximum atomic E-state index is 12.5. The van der Waals surface area contributed by atoms with E-state index < -0.39 is 18.2 Å². The number of hydrogen-bond donors (Lipinski definition) is 5. The summed E-state index contributed by atoms with van der Waals surface area (Å²) >= 11 is 0. The zero-order valence-corrected chi connectivity index (χ0v) is 15.5. The number of pyridine rings is 1. The highest BCUT2D eigenvalue weighted by molar-refractivity contribution is 5.92. The normalized spacial score (nSPS) is 16.0. The van der Waals surface area contributed by atoms with Gasteiger partial charge in [0.1, 0.15) is 5.82 Å². The van der Waals surface area contributed by atoms with Gasteiger partial charge in [-0.25, -0.2) is 9.78 Å². The Bertz CT molecular complexity index is 982. The van der Waals surface area contributed by atoms with Gasteiger partial charge in [0.05, 0.1) is 30.0 Å². The Kier molecular flexibility index (Phi) is 4.97. The van der Waals surface area contributed by atoms with Crippen molar-refractivity contribution in [3.8, 4) is 0 Å². The molecule has 3 aromatic rings. The molecule has 8 nitrogen and oxygen atoms in total. The maximum absolute atomic E-state index is 12.5. The standard InChI is InChI=1S/C20H23N5O3/c1-11(27)18(12-5-3-2-4-6-12)23-20(28)22-16-9-14-17(15(10-26)21-16)19(25-24-14)13-7-8-13/h2-6,9,11,13,18,26-27H,7-8,10H2,1H3,(H,24,25)(H2,21,22,23,28). The van der Waals surface area contributed by atoms with Gasteiger partial charge < -0.3 is 15.5 Å². The van der Waals surface area contributed by atoms with Crippen LogP contribution in [-0.4, -0.2) is 37.5 Å². The molecular weight excluding hydrogens is 358 g/mol. The molecule has 146 valence electrons. The molecule has 0 bridgehead atoms. The molecule has 0 radical (unpaired) electrons. The quantitative estimate of drug-likeness (QED) is 0.449. The topological polar surface area (TPSA) is 123 Å². The van der Waals surface area contributed by atoms with Gasteiger partial charge in [-0.15, -0.1) is 0 Å². The zero-order chi connectivity index (χ0) is 19.7. The Hall–Kier alpha value is -2.97. The fourth-order valence-corrected chi connectivity index (χ4v) is 3.42. The lowest BCUT2D eigenvalue weighted by molar-refractivity contribution is 0.148. The minimum Gasteiger partial charge on any atom is -0.391 e. The van der Waals surface area contributed by atoms with Crippen LogP contribution in [0.1, 0.15) is 48.7 Å². The summed E-state index contributed by atoms with van der Waals surface area (Å²) in [6.45, 7) is 1.38. The molecule has 1 saturated carbocycles. The van der Waals surface area contributed by atoms with Gasteiger partial charge in [0.15, 0.2) is 0 Å². The van der Waals surface area contributed by atoms with Gasteiger partial charge >= 0.3 is 6.03 Å². The number of carbonyl (C=O) groups is 1. The third-order valence-electron chi connectivity index (χ3n) is 4.94. The van der Waals surface area contributed by atoms with Crippen LogP contribution in [0, 0.1) is 0 Å². The number of nitrogens with one attached hydrogen (secondary N) is 3. The van der Waals surface area contributed by atoms with Crippen molar-refractivity contribution in [2.45, 2.75) is 44.4 Å². The highest BCUT2D eigenvalue weighted by Gasteiger charge is 2.29. The number of amides is 2. The summed E-state index contributed by atoms with van der Waals surface area (Å²) in [5.41, 5.74) is 2.94. The number of aromatic nitrogens is 3. The van der Waals surface area contributed by atoms with Crippen molar-refractivity contribution in [2.24, 2.45) is 0 Å². The molecule has 4 rings (SSSR count). The number of nitrogens with zero attached hydrogens (tertiary/aromatic N) is 2. The van der Waals surface area contributed by atoms with E-state index in [0.717, 1.165) is 29.5 Å². The van der Waals surface area contributed by atoms with Gasteiger partial charge in [-0.2, -0.15) is 5.10 Å². The smallest absolute Gasteiger partial charge is 0.320 e. The number of benzene rings is 1. The van der Waals surface area contributed by atoms with E-state index in [-0.39, 0.29) is 6.61 Å². The molecule has 1 aromatic carbocycles. The van der Waals surface area contributed by atoms with Crippen LogP contribution >= 0.6 is 0 Å². The van der Waals surface area contributed by atoms with Crippen LogP contribution in [0.3, 0.4) is 0 Å². The van der Waals surface area contributed by atoms with Crippen molar-refractivity contribution < 1.29 is 15.0 Å². The third-order valence-corrected chi connectivity index (χ3v) is 4.94. The predicted octanol–water partition coefficient (Wildman–Crippen LogP) is 2.57. The monoisotopic (exact) mass is 381 g/mol. The van der Waals surface area contributed by atoms with E-state index in [1.54, 1.807) is 13.0 Å². The zero-order valence-electron chi connectivity index (χ0n) is 15.5. The van der Waals surface area contributed by atoms with E-state index in [2.05, 4.69) is 25.8 Å². The number of aliphatic hydroxyl groups excluding tert-OH is 2. The van der Waals surface area contributed by atoms with E-state index in [9.17, 15) is 15.0 Å². The summed E-state index contributed by atoms with van der Waals surface area (Å²) in [5.74, 6) is 0.734. The lowest BCUT2D eigenvalue weighted by Crippen LogP contribution is -2.38. The average Bonchev–Trinajstić information content (AvgIpc) is 3.45. The SMILES string of the molecule is CC(O)C(NC(=O)Nc1cc2n[nH]c(C3CC3)c2c(CO)n1)c1ccccc1. The van der Waals surface area contributed by atoms with E-state index in [0.29, 0.717) is 22.9 Å². The number of hydrogen-bond acceptors (Lipinski definition) is 5. The Labute approximate surface area is 162 Å². The summed E-state index contributed by atoms with van der Waals surface area (Å²) in [7, 11) is 0. The summed E-state index contributed by atoms with van der Waals surface area (Å²) in [6.07, 6.45) is 1.43. The highest BCUT2D eigenvalue weighted by Crippen LogP contribution is 2.42. The van der Waals surface area contributed by atoms with Gasteiger partial charge in [-0.3, -0.25) is 10.4 Å². The van der Waals surface area contributed by atoms with Crippen molar-refractivity contribution in [1.29, 1.82) is 0 Å². The number of H-pyrrole nitrogens is 1. The summed E-state index contributed by atoms with van der Waals surface area (Å²) in [5, 5.41) is 33.4. The number of aliphatic hydroxyl groups is 2. The van der Waals surface area contributed by atoms with Crippen molar-refractivity contribution >= 4 is 22.8 Å². The second-order valence-electron chi connectivity index (χ2n) is 7.15. The molecule has 2 atom stereocenters. The molecule has 5 N–H and O–H groups in total. The van der Waals surface area contributed by atoms with Crippen LogP contribution in [0.25, 0.3) is 10.9 Å². The Morgan fingerprint density at radius 2 is 2.07 bits per heavy atom. The second-order valence-corrected chi connectivity index (χ2v) is 7.15. The lowest BCUT2D eigenvalue weighted by Gasteiger charge is -2.22. The molecule has 28 heavy (non-hydrogen) atoms. The van der Waals surface area contributed by atoms with Crippen LogP contribution in [0.2, 0.25) is 0 Å². The number of rotatable bonds is 6. The summed E-state index contributed by atoms with van der Waals surface area (Å²) in [4.78, 5) is 16.9. The van der Waals surface area contributed by atoms with Gasteiger partial charge in [0.2, 0.25) is 0 Å². The molecule has 2 aromatic heterocycles. The molecule has 0 spiro atoms. The van der Waals surface area contributed by atoms with Crippen molar-refractivity contribution in [3.63, 3.8) is 0 Å². The minimum atomic E-state index is -0.774. The summed E-state index contributed by atoms with van der Waals surface area (Å²) < 4.78 is 0. The Morgan fingerprint density at radius 3 is 2.71 bits per heavy atom. The van der Waals surface area contributed by atoms with E-state index in [1.165, 1.54) is 0 Å². The van der Waals surface area contributed by atoms with Gasteiger partial charge in [-0.1, -0.05) is 30.3 Å². The molecule has 0 saturated heterocycles. The van der Waals surface area contributed by atoms with Crippen molar-refractivity contribution in [2.75, 3.05) is 5.32 Å². The van der Waals surface area contributed by atoms with Crippen molar-refractivity contribution in [3.05, 3.63) is 53.3 Å². The van der Waals surface area contributed by atoms with Crippen LogP contribution < -0.4 is 10.6 Å². The first-order chi connectivity index (χ1) is 13.6. The Morgan fingerprint density at radius 1 is 1.32 bits per heavy atom. The average molecular weight is 381 g/mol. The van der Waals surface area contributed by atoms with Crippen LogP contribution in [0.15, 0.2) is 36.4 Å². The molecule has 2 unspecified atom stereocenters. The van der Waals surface area contributed by atoms with Crippen LogP contribution in [0.5, 0.6) is 0 Å². The number of urea groups is 1. The second kappa shape index (κ2) is 7.57. The molecular formula is C20H23N5O3. The van der Waals surface area contributed by atoms with E-state index >= 15 is 0 Å². The van der Waals surface area contributed by atoms with Gasteiger partial charge in [0.25, 0.3) is 0 Å². The number of anilines is 1. The van der Waals surface area contributed by atoms with Gasteiger partial charge in [0, 0.05) is 23.1 Å². The van der Waals surface area contributed by atoms with E-state index in [4.69, 9.17) is 0 Å². The van der Waals surface area contributed by atoms with Crippen LogP contribution in [0.4, 0.5) is 10.6 Å². The highest BCUT2D eigenvalue weighted by atomic mass is 16.3. The minimum absolute atomic E-state index is 0.243. The predicted molar refractivity (Wildman–Crippen MR) is 105 cm³/mol. The molecule has 2 heterocycles. The number of fused-ring (bicyclic) bond motifs is 1. The van der Waals surface area contributed by atoms with Crippen molar-refractivity contribution in [1.82, 2.24) is 20.5 Å². The molecule has 2 amide bonds.